The summed E-state index contributed by atoms with van der Waals surface area (Å²) in [5.41, 5.74) is 0.173. The number of Topliss-reactive ketones (excluding diaryl/α,β-unsaturated/α-hetero) is 1. The molecule has 0 unspecified atom stereocenters. The average Bonchev–Trinajstić information content (AvgIpc) is 3.01. The quantitative estimate of drug-likeness (QED) is 0.233. The minimum absolute atomic E-state index is 0.00678. The zero-order chi connectivity index (χ0) is 24.7. The molecule has 2 fully saturated rings. The fourth-order valence-corrected chi connectivity index (χ4v) is 6.23. The number of halogens is 5. The van der Waals surface area contributed by atoms with Gasteiger partial charge in [-0.1, -0.05) is 78.8 Å². The zero-order valence-corrected chi connectivity index (χ0v) is 22.8. The van der Waals surface area contributed by atoms with E-state index >= 15 is 0 Å². The first-order chi connectivity index (χ1) is 16.1. The second-order valence-corrected chi connectivity index (χ2v) is 11.7. The molecule has 1 saturated heterocycles. The number of carbonyl (C=O) groups is 4. The van der Waals surface area contributed by atoms with E-state index in [1.807, 2.05) is 0 Å². The molecule has 3 amide bonds. The monoisotopic (exact) mass is 648 g/mol. The molecule has 11 heteroatoms. The summed E-state index contributed by atoms with van der Waals surface area (Å²) in [4.78, 5) is 53.5. The third-order valence-electron chi connectivity index (χ3n) is 5.99. The third-order valence-corrected chi connectivity index (χ3v) is 9.60. The molecule has 2 aromatic carbocycles. The Balaban J connectivity index is 1.73. The van der Waals surface area contributed by atoms with Gasteiger partial charge in [-0.25, -0.2) is 5.01 Å². The second kappa shape index (κ2) is 10.3. The lowest BCUT2D eigenvalue weighted by molar-refractivity contribution is -0.154. The molecule has 0 N–H and O–H groups in total. The van der Waals surface area contributed by atoms with Crippen molar-refractivity contribution in [2.75, 3.05) is 6.54 Å². The van der Waals surface area contributed by atoms with Gasteiger partial charge in [0.05, 0.1) is 27.4 Å². The molecule has 4 atom stereocenters. The maximum atomic E-state index is 13.6. The van der Waals surface area contributed by atoms with Gasteiger partial charge in [0.15, 0.2) is 5.78 Å². The SMILES string of the molecule is O=C(CN(C(=O)c1ccccc1Cl)N1C(=O)[C@H]2C[C@H](Br)[C@@H](Br)C[C@H]2C1=O)c1ccc(Cl)cc1Cl. The molecule has 4 rings (SSSR count). The van der Waals surface area contributed by atoms with Crippen LogP contribution in [0.5, 0.6) is 0 Å². The van der Waals surface area contributed by atoms with E-state index in [-0.39, 0.29) is 30.8 Å². The van der Waals surface area contributed by atoms with Gasteiger partial charge in [0.2, 0.25) is 0 Å². The molecule has 1 heterocycles. The number of rotatable bonds is 5. The minimum atomic E-state index is -0.741. The van der Waals surface area contributed by atoms with Crippen LogP contribution >= 0.6 is 66.7 Å². The molecular formula is C23H17Br2Cl3N2O4. The van der Waals surface area contributed by atoms with Crippen LogP contribution in [0, 0.1) is 11.8 Å². The Labute approximate surface area is 227 Å². The number of fused-ring (bicyclic) bond motifs is 1. The van der Waals surface area contributed by atoms with E-state index < -0.39 is 41.9 Å². The maximum Gasteiger partial charge on any atom is 0.274 e. The van der Waals surface area contributed by atoms with Crippen molar-refractivity contribution in [3.8, 4) is 0 Å². The van der Waals surface area contributed by atoms with Crippen molar-refractivity contribution in [3.63, 3.8) is 0 Å². The van der Waals surface area contributed by atoms with E-state index in [0.717, 1.165) is 10.0 Å². The highest BCUT2D eigenvalue weighted by Crippen LogP contribution is 2.44. The van der Waals surface area contributed by atoms with Crippen LogP contribution in [0.2, 0.25) is 15.1 Å². The molecule has 0 radical (unpaired) electrons. The Morgan fingerprint density at radius 3 is 2.03 bits per heavy atom. The van der Waals surface area contributed by atoms with Crippen molar-refractivity contribution < 1.29 is 19.2 Å². The molecule has 0 spiro atoms. The Morgan fingerprint density at radius 2 is 1.47 bits per heavy atom. The molecule has 1 aliphatic heterocycles. The van der Waals surface area contributed by atoms with E-state index in [0.29, 0.717) is 17.9 Å². The summed E-state index contributed by atoms with van der Waals surface area (Å²) >= 11 is 25.4. The lowest BCUT2D eigenvalue weighted by Crippen LogP contribution is -2.52. The number of ketones is 1. The largest absolute Gasteiger partial charge is 0.292 e. The zero-order valence-electron chi connectivity index (χ0n) is 17.4. The predicted molar refractivity (Wildman–Crippen MR) is 137 cm³/mol. The number of carbonyl (C=O) groups excluding carboxylic acids is 4. The number of hydrazine groups is 1. The molecule has 34 heavy (non-hydrogen) atoms. The van der Waals surface area contributed by atoms with Gasteiger partial charge < -0.3 is 0 Å². The van der Waals surface area contributed by atoms with Crippen molar-refractivity contribution in [1.82, 2.24) is 10.0 Å². The fourth-order valence-electron chi connectivity index (χ4n) is 4.26. The molecular weight excluding hydrogens is 634 g/mol. The van der Waals surface area contributed by atoms with Gasteiger partial charge in [-0.15, -0.1) is 0 Å². The number of nitrogens with zero attached hydrogens (tertiary/aromatic N) is 2. The predicted octanol–water partition coefficient (Wildman–Crippen LogP) is 5.81. The first kappa shape index (κ1) is 25.6. The highest BCUT2D eigenvalue weighted by Gasteiger charge is 2.54. The van der Waals surface area contributed by atoms with Gasteiger partial charge in [-0.3, -0.25) is 19.2 Å². The summed E-state index contributed by atoms with van der Waals surface area (Å²) in [5.74, 6) is -3.53. The molecule has 6 nitrogen and oxygen atoms in total. The molecule has 0 bridgehead atoms. The summed E-state index contributed by atoms with van der Waals surface area (Å²) < 4.78 is 0. The van der Waals surface area contributed by atoms with Crippen LogP contribution < -0.4 is 0 Å². The Morgan fingerprint density at radius 1 is 0.882 bits per heavy atom. The Bertz CT molecular complexity index is 1170. The van der Waals surface area contributed by atoms with Crippen molar-refractivity contribution in [2.24, 2.45) is 11.8 Å². The van der Waals surface area contributed by atoms with Crippen LogP contribution in [0.3, 0.4) is 0 Å². The molecule has 2 aromatic rings. The van der Waals surface area contributed by atoms with Crippen LogP contribution in [0.25, 0.3) is 0 Å². The van der Waals surface area contributed by atoms with Crippen molar-refractivity contribution >= 4 is 90.2 Å². The van der Waals surface area contributed by atoms with E-state index in [1.165, 1.54) is 30.3 Å². The van der Waals surface area contributed by atoms with Crippen LogP contribution in [-0.4, -0.2) is 49.7 Å². The van der Waals surface area contributed by atoms with Crippen molar-refractivity contribution in [2.45, 2.75) is 22.5 Å². The number of hydrogen-bond donors (Lipinski definition) is 0. The topological polar surface area (TPSA) is 74.8 Å². The summed E-state index contributed by atoms with van der Waals surface area (Å²) in [6, 6.07) is 10.6. The maximum absolute atomic E-state index is 13.6. The summed E-state index contributed by atoms with van der Waals surface area (Å²) in [5, 5.41) is 2.26. The lowest BCUT2D eigenvalue weighted by Gasteiger charge is -2.30. The Kier molecular flexibility index (Phi) is 7.74. The van der Waals surface area contributed by atoms with E-state index in [1.54, 1.807) is 12.1 Å². The highest BCUT2D eigenvalue weighted by atomic mass is 79.9. The molecule has 1 saturated carbocycles. The fraction of sp³-hybridized carbons (Fsp3) is 0.304. The van der Waals surface area contributed by atoms with Crippen LogP contribution in [0.4, 0.5) is 0 Å². The van der Waals surface area contributed by atoms with Crippen molar-refractivity contribution in [3.05, 3.63) is 68.7 Å². The van der Waals surface area contributed by atoms with Gasteiger partial charge in [0, 0.05) is 20.2 Å². The number of imide groups is 1. The van der Waals surface area contributed by atoms with Gasteiger partial charge in [-0.05, 0) is 43.2 Å². The van der Waals surface area contributed by atoms with E-state index in [9.17, 15) is 19.2 Å². The van der Waals surface area contributed by atoms with E-state index in [4.69, 9.17) is 34.8 Å². The Hall–Kier alpha value is -1.45. The van der Waals surface area contributed by atoms with Gasteiger partial charge in [-0.2, -0.15) is 5.01 Å². The molecule has 1 aliphatic carbocycles. The van der Waals surface area contributed by atoms with Gasteiger partial charge >= 0.3 is 0 Å². The molecule has 2 aliphatic rings. The van der Waals surface area contributed by atoms with Gasteiger partial charge in [0.1, 0.15) is 6.54 Å². The van der Waals surface area contributed by atoms with E-state index in [2.05, 4.69) is 31.9 Å². The van der Waals surface area contributed by atoms with Crippen molar-refractivity contribution in [1.29, 1.82) is 0 Å². The minimum Gasteiger partial charge on any atom is -0.292 e. The number of alkyl halides is 2. The standard InChI is InChI=1S/C23H17Br2Cl3N2O4/c24-16-8-14-15(9-17(16)25)23(34)30(22(14)33)29(21(32)13-3-1-2-4-18(13)27)10-20(31)12-6-5-11(26)7-19(12)28/h1-7,14-17H,8-10H2/t14-,15+,16-,17-/m0/s1. The van der Waals surface area contributed by atoms with Crippen LogP contribution in [-0.2, 0) is 9.59 Å². The summed E-state index contributed by atoms with van der Waals surface area (Å²) in [7, 11) is 0. The van der Waals surface area contributed by atoms with Crippen LogP contribution in [0.1, 0.15) is 33.6 Å². The number of amides is 3. The first-order valence-electron chi connectivity index (χ1n) is 10.3. The van der Waals surface area contributed by atoms with Crippen LogP contribution in [0.15, 0.2) is 42.5 Å². The number of benzene rings is 2. The third kappa shape index (κ3) is 4.80. The highest BCUT2D eigenvalue weighted by molar-refractivity contribution is 9.12. The number of hydrogen-bond acceptors (Lipinski definition) is 4. The average molecular weight is 652 g/mol. The summed E-state index contributed by atoms with van der Waals surface area (Å²) in [6.07, 6.45) is 0.847. The van der Waals surface area contributed by atoms with Gasteiger partial charge in [0.25, 0.3) is 17.7 Å². The first-order valence-corrected chi connectivity index (χ1v) is 13.3. The molecule has 0 aromatic heterocycles. The summed E-state index contributed by atoms with van der Waals surface area (Å²) in [6.45, 7) is -0.586. The molecule has 178 valence electrons. The normalized spacial score (nSPS) is 24.2. The second-order valence-electron chi connectivity index (χ2n) is 8.09. The smallest absolute Gasteiger partial charge is 0.274 e. The lowest BCUT2D eigenvalue weighted by atomic mass is 9.81.